The molecule has 4 rings (SSSR count). The van der Waals surface area contributed by atoms with Crippen LogP contribution in [0.4, 0.5) is 0 Å². The zero-order chi connectivity index (χ0) is 27.2. The van der Waals surface area contributed by atoms with Crippen LogP contribution in [0.2, 0.25) is 0 Å². The second-order valence-corrected chi connectivity index (χ2v) is 16.7. The Morgan fingerprint density at radius 2 is 1.08 bits per heavy atom. The lowest BCUT2D eigenvalue weighted by molar-refractivity contribution is -0.138. The standard InChI is InChI=1S/C14H24N2O2S2.C14H25NOS2/c1-12(17)15-7-9-16(10-8-15)14(18)5-3-2-4-13-6-11-19-20-13;1-12-6-9-15(10-7-12)14(16)5-3-2-4-13-8-11-17-18-13/h13H,2-11H2,1H3;12-13H,2-11H2,1H3/t2*13-/m11/s1. The van der Waals surface area contributed by atoms with E-state index in [1.165, 1.54) is 56.5 Å². The smallest absolute Gasteiger partial charge is 0.222 e. The summed E-state index contributed by atoms with van der Waals surface area (Å²) in [6.45, 7) is 8.66. The molecule has 2 atom stereocenters. The zero-order valence-corrected chi connectivity index (χ0v) is 26.8. The van der Waals surface area contributed by atoms with Crippen molar-refractivity contribution < 1.29 is 14.4 Å². The van der Waals surface area contributed by atoms with Gasteiger partial charge in [-0.1, -0.05) is 62.9 Å². The van der Waals surface area contributed by atoms with Crippen molar-refractivity contribution in [3.05, 3.63) is 0 Å². The third-order valence-corrected chi connectivity index (χ3v) is 14.0. The molecular formula is C28H49N3O3S4. The van der Waals surface area contributed by atoms with Crippen molar-refractivity contribution in [2.24, 2.45) is 5.92 Å². The highest BCUT2D eigenvalue weighted by atomic mass is 33.1. The van der Waals surface area contributed by atoms with Crippen LogP contribution >= 0.6 is 43.2 Å². The lowest BCUT2D eigenvalue weighted by atomic mass is 9.99. The van der Waals surface area contributed by atoms with Crippen LogP contribution in [0.5, 0.6) is 0 Å². The summed E-state index contributed by atoms with van der Waals surface area (Å²) in [5, 5.41) is 1.68. The second-order valence-electron chi connectivity index (χ2n) is 11.1. The van der Waals surface area contributed by atoms with Crippen molar-refractivity contribution in [3.8, 4) is 0 Å². The number of hydrogen-bond acceptors (Lipinski definition) is 7. The molecule has 38 heavy (non-hydrogen) atoms. The fourth-order valence-electron chi connectivity index (χ4n) is 5.27. The molecule has 4 saturated heterocycles. The molecule has 0 spiro atoms. The summed E-state index contributed by atoms with van der Waals surface area (Å²) in [6.07, 6.45) is 13.6. The maximum absolute atomic E-state index is 12.1. The summed E-state index contributed by atoms with van der Waals surface area (Å²) < 4.78 is 0. The molecular weight excluding hydrogens is 555 g/mol. The first-order valence-corrected chi connectivity index (χ1v) is 19.6. The van der Waals surface area contributed by atoms with Crippen LogP contribution < -0.4 is 0 Å². The molecule has 0 aromatic heterocycles. The summed E-state index contributed by atoms with van der Waals surface area (Å²) in [5.74, 6) is 4.20. The average molecular weight is 604 g/mol. The van der Waals surface area contributed by atoms with Crippen molar-refractivity contribution in [1.29, 1.82) is 0 Å². The summed E-state index contributed by atoms with van der Waals surface area (Å²) in [6, 6.07) is 0. The van der Waals surface area contributed by atoms with Crippen molar-refractivity contribution in [2.45, 2.75) is 101 Å². The van der Waals surface area contributed by atoms with E-state index in [0.717, 1.165) is 55.2 Å². The van der Waals surface area contributed by atoms with Gasteiger partial charge in [-0.2, -0.15) is 0 Å². The van der Waals surface area contributed by atoms with Crippen LogP contribution in [0.3, 0.4) is 0 Å². The predicted molar refractivity (Wildman–Crippen MR) is 168 cm³/mol. The predicted octanol–water partition coefficient (Wildman–Crippen LogP) is 6.35. The van der Waals surface area contributed by atoms with Gasteiger partial charge in [0.2, 0.25) is 17.7 Å². The van der Waals surface area contributed by atoms with Gasteiger partial charge in [0.05, 0.1) is 0 Å². The molecule has 4 fully saturated rings. The van der Waals surface area contributed by atoms with Gasteiger partial charge in [-0.15, -0.1) is 0 Å². The van der Waals surface area contributed by atoms with E-state index in [4.69, 9.17) is 0 Å². The van der Waals surface area contributed by atoms with Crippen LogP contribution in [0.15, 0.2) is 0 Å². The molecule has 3 amide bonds. The molecule has 4 aliphatic rings. The summed E-state index contributed by atoms with van der Waals surface area (Å²) in [5.41, 5.74) is 0. The van der Waals surface area contributed by atoms with Crippen LogP contribution in [-0.2, 0) is 14.4 Å². The maximum atomic E-state index is 12.1. The van der Waals surface area contributed by atoms with Gasteiger partial charge in [-0.3, -0.25) is 14.4 Å². The maximum Gasteiger partial charge on any atom is 0.222 e. The van der Waals surface area contributed by atoms with Crippen LogP contribution in [-0.4, -0.2) is 93.7 Å². The number of carbonyl (C=O) groups is 3. The molecule has 0 N–H and O–H groups in total. The highest BCUT2D eigenvalue weighted by Gasteiger charge is 2.23. The number of hydrogen-bond donors (Lipinski definition) is 0. The van der Waals surface area contributed by atoms with Gasteiger partial charge in [0.25, 0.3) is 0 Å². The third kappa shape index (κ3) is 12.1. The van der Waals surface area contributed by atoms with Gasteiger partial charge < -0.3 is 14.7 Å². The highest BCUT2D eigenvalue weighted by Crippen LogP contribution is 2.40. The molecule has 218 valence electrons. The van der Waals surface area contributed by atoms with E-state index < -0.39 is 0 Å². The van der Waals surface area contributed by atoms with E-state index in [9.17, 15) is 14.4 Å². The Morgan fingerprint density at radius 1 is 0.632 bits per heavy atom. The largest absolute Gasteiger partial charge is 0.343 e. The lowest BCUT2D eigenvalue weighted by Crippen LogP contribution is -2.50. The molecule has 0 aliphatic carbocycles. The Kier molecular flexibility index (Phi) is 15.6. The number of unbranched alkanes of at least 4 members (excludes halogenated alkanes) is 2. The van der Waals surface area contributed by atoms with Gasteiger partial charge in [-0.05, 0) is 57.3 Å². The molecule has 0 radical (unpaired) electrons. The second kappa shape index (κ2) is 18.3. The Balaban J connectivity index is 0.000000212. The Labute approximate surface area is 247 Å². The number of amides is 3. The highest BCUT2D eigenvalue weighted by molar-refractivity contribution is 8.77. The van der Waals surface area contributed by atoms with Gasteiger partial charge in [0.15, 0.2) is 0 Å². The molecule has 0 aromatic rings. The zero-order valence-electron chi connectivity index (χ0n) is 23.6. The summed E-state index contributed by atoms with van der Waals surface area (Å²) in [7, 11) is 8.06. The fraction of sp³-hybridized carbons (Fsp3) is 0.893. The molecule has 0 aromatic carbocycles. The van der Waals surface area contributed by atoms with E-state index in [1.54, 1.807) is 6.92 Å². The molecule has 0 bridgehead atoms. The third-order valence-electron chi connectivity index (χ3n) is 8.00. The number of likely N-dealkylation sites (tertiary alicyclic amines) is 1. The van der Waals surface area contributed by atoms with E-state index >= 15 is 0 Å². The topological polar surface area (TPSA) is 60.9 Å². The van der Waals surface area contributed by atoms with Crippen LogP contribution in [0, 0.1) is 5.92 Å². The first-order valence-electron chi connectivity index (χ1n) is 14.8. The minimum Gasteiger partial charge on any atom is -0.343 e. The van der Waals surface area contributed by atoms with E-state index in [-0.39, 0.29) is 11.8 Å². The first-order chi connectivity index (χ1) is 18.4. The number of piperazine rings is 1. The van der Waals surface area contributed by atoms with E-state index in [0.29, 0.717) is 38.5 Å². The average Bonchev–Trinajstić information content (AvgIpc) is 3.64. The lowest BCUT2D eigenvalue weighted by Gasteiger charge is -2.34. The van der Waals surface area contributed by atoms with Gasteiger partial charge >= 0.3 is 0 Å². The Bertz CT molecular complexity index is 716. The van der Waals surface area contributed by atoms with Gasteiger partial charge in [0.1, 0.15) is 0 Å². The first kappa shape index (κ1) is 32.3. The number of nitrogens with zero attached hydrogens (tertiary/aromatic N) is 3. The van der Waals surface area contributed by atoms with E-state index in [2.05, 4.69) is 22.6 Å². The van der Waals surface area contributed by atoms with Crippen LogP contribution in [0.1, 0.15) is 90.9 Å². The van der Waals surface area contributed by atoms with Crippen LogP contribution in [0.25, 0.3) is 0 Å². The molecule has 10 heteroatoms. The van der Waals surface area contributed by atoms with Gasteiger partial charge in [-0.25, -0.2) is 0 Å². The monoisotopic (exact) mass is 603 g/mol. The molecule has 6 nitrogen and oxygen atoms in total. The minimum absolute atomic E-state index is 0.115. The Morgan fingerprint density at radius 3 is 1.50 bits per heavy atom. The number of rotatable bonds is 10. The van der Waals surface area contributed by atoms with Crippen molar-refractivity contribution >= 4 is 60.9 Å². The summed E-state index contributed by atoms with van der Waals surface area (Å²) in [4.78, 5) is 41.2. The molecule has 0 unspecified atom stereocenters. The van der Waals surface area contributed by atoms with Crippen molar-refractivity contribution in [2.75, 3.05) is 50.8 Å². The Hall–Kier alpha value is -0.190. The number of piperidine rings is 1. The fourth-order valence-corrected chi connectivity index (χ4v) is 11.3. The molecule has 0 saturated carbocycles. The van der Waals surface area contributed by atoms with Crippen molar-refractivity contribution in [1.82, 2.24) is 14.7 Å². The summed E-state index contributed by atoms with van der Waals surface area (Å²) >= 11 is 0. The van der Waals surface area contributed by atoms with Crippen molar-refractivity contribution in [3.63, 3.8) is 0 Å². The normalized spacial score (nSPS) is 24.3. The number of carbonyl (C=O) groups excluding carboxylic acids is 3. The quantitative estimate of drug-likeness (QED) is 0.213. The van der Waals surface area contributed by atoms with E-state index in [1.807, 2.05) is 42.2 Å². The minimum atomic E-state index is 0.115. The molecule has 4 heterocycles. The van der Waals surface area contributed by atoms with Gasteiger partial charge in [0, 0.05) is 81.0 Å². The molecule has 4 aliphatic heterocycles. The SMILES string of the molecule is CC(=O)N1CCN(C(=O)CCCC[C@@H]2CCSS2)CC1.CC1CCN(C(=O)CCCC[C@@H]2CCSS2)CC1.